The molecule has 2 fully saturated rings. The lowest BCUT2D eigenvalue weighted by atomic mass is 9.86. The van der Waals surface area contributed by atoms with Crippen LogP contribution >= 0.6 is 0 Å². The zero-order chi connectivity index (χ0) is 6.81. The van der Waals surface area contributed by atoms with Gasteiger partial charge in [0.1, 0.15) is 0 Å². The largest absolute Gasteiger partial charge is 0.311 e. The van der Waals surface area contributed by atoms with Crippen molar-refractivity contribution < 1.29 is 0 Å². The van der Waals surface area contributed by atoms with Crippen LogP contribution in [0.1, 0.15) is 38.5 Å². The molecule has 1 N–H and O–H groups in total. The molecule has 0 aromatic heterocycles. The Labute approximate surface area is 63.2 Å². The molecule has 0 amide bonds. The van der Waals surface area contributed by atoms with Crippen LogP contribution in [0.2, 0.25) is 0 Å². The Morgan fingerprint density at radius 2 is 1.80 bits per heavy atom. The average molecular weight is 139 g/mol. The van der Waals surface area contributed by atoms with E-state index in [0.717, 1.165) is 12.0 Å². The molecular weight excluding hydrogens is 122 g/mol. The fourth-order valence-corrected chi connectivity index (χ4v) is 2.08. The predicted molar refractivity (Wildman–Crippen MR) is 43.0 cm³/mol. The van der Waals surface area contributed by atoms with Crippen LogP contribution in [0.5, 0.6) is 0 Å². The molecule has 0 aromatic carbocycles. The third-order valence-corrected chi connectivity index (χ3v) is 2.84. The minimum Gasteiger partial charge on any atom is -0.311 e. The van der Waals surface area contributed by atoms with Crippen LogP contribution < -0.4 is 5.32 Å². The normalized spacial score (nSPS) is 34.2. The Hall–Kier alpha value is -0.0400. The van der Waals surface area contributed by atoms with Crippen molar-refractivity contribution >= 4 is 0 Å². The van der Waals surface area contributed by atoms with E-state index in [0.29, 0.717) is 0 Å². The molecule has 1 aliphatic carbocycles. The Balaban J connectivity index is 1.69. The Kier molecular flexibility index (Phi) is 1.94. The van der Waals surface area contributed by atoms with E-state index in [1.165, 1.54) is 45.1 Å². The van der Waals surface area contributed by atoms with Crippen molar-refractivity contribution in [3.63, 3.8) is 0 Å². The minimum absolute atomic E-state index is 0.920. The van der Waals surface area contributed by atoms with E-state index in [1.54, 1.807) is 0 Å². The predicted octanol–water partition coefficient (Wildman–Crippen LogP) is 1.93. The van der Waals surface area contributed by atoms with Crippen LogP contribution in [0, 0.1) is 5.92 Å². The van der Waals surface area contributed by atoms with E-state index in [2.05, 4.69) is 5.32 Å². The van der Waals surface area contributed by atoms with Crippen LogP contribution in [0.15, 0.2) is 0 Å². The SMILES string of the molecule is C1CCC(C[C@H]2CN2)CC1. The fourth-order valence-electron chi connectivity index (χ4n) is 2.08. The molecule has 1 heteroatoms. The van der Waals surface area contributed by atoms with Crippen LogP contribution in [0.4, 0.5) is 0 Å². The molecule has 1 saturated heterocycles. The quantitative estimate of drug-likeness (QED) is 0.580. The number of hydrogen-bond donors (Lipinski definition) is 1. The fraction of sp³-hybridized carbons (Fsp3) is 1.00. The summed E-state index contributed by atoms with van der Waals surface area (Å²) >= 11 is 0. The molecule has 0 radical (unpaired) electrons. The second-order valence-corrected chi connectivity index (χ2v) is 3.84. The third-order valence-electron chi connectivity index (χ3n) is 2.84. The molecule has 1 saturated carbocycles. The summed E-state index contributed by atoms with van der Waals surface area (Å²) in [7, 11) is 0. The summed E-state index contributed by atoms with van der Waals surface area (Å²) in [6, 6.07) is 0.920. The molecule has 1 heterocycles. The maximum Gasteiger partial charge on any atom is 0.0195 e. The van der Waals surface area contributed by atoms with E-state index < -0.39 is 0 Å². The topological polar surface area (TPSA) is 21.9 Å². The van der Waals surface area contributed by atoms with Gasteiger partial charge >= 0.3 is 0 Å². The smallest absolute Gasteiger partial charge is 0.0195 e. The highest BCUT2D eigenvalue weighted by Gasteiger charge is 2.25. The first kappa shape index (κ1) is 6.66. The van der Waals surface area contributed by atoms with Gasteiger partial charge in [-0.25, -0.2) is 0 Å². The molecule has 2 rings (SSSR count). The van der Waals surface area contributed by atoms with Crippen molar-refractivity contribution in [2.24, 2.45) is 5.92 Å². The molecule has 1 atom stereocenters. The Morgan fingerprint density at radius 3 is 2.40 bits per heavy atom. The van der Waals surface area contributed by atoms with Crippen LogP contribution in [0.25, 0.3) is 0 Å². The van der Waals surface area contributed by atoms with Crippen molar-refractivity contribution in [1.29, 1.82) is 0 Å². The Morgan fingerprint density at radius 1 is 1.10 bits per heavy atom. The molecule has 0 unspecified atom stereocenters. The van der Waals surface area contributed by atoms with Gasteiger partial charge in [-0.2, -0.15) is 0 Å². The van der Waals surface area contributed by atoms with Gasteiger partial charge in [-0.05, 0) is 12.3 Å². The van der Waals surface area contributed by atoms with E-state index in [9.17, 15) is 0 Å². The second kappa shape index (κ2) is 2.91. The van der Waals surface area contributed by atoms with E-state index >= 15 is 0 Å². The zero-order valence-electron chi connectivity index (χ0n) is 6.60. The van der Waals surface area contributed by atoms with Gasteiger partial charge in [-0.3, -0.25) is 0 Å². The van der Waals surface area contributed by atoms with Gasteiger partial charge < -0.3 is 5.32 Å². The van der Waals surface area contributed by atoms with Crippen molar-refractivity contribution in [2.45, 2.75) is 44.6 Å². The van der Waals surface area contributed by atoms with Gasteiger partial charge in [0, 0.05) is 12.6 Å². The van der Waals surface area contributed by atoms with Crippen LogP contribution in [0.3, 0.4) is 0 Å². The highest BCUT2D eigenvalue weighted by Crippen LogP contribution is 2.28. The van der Waals surface area contributed by atoms with Gasteiger partial charge in [0.25, 0.3) is 0 Å². The molecule has 0 bridgehead atoms. The average Bonchev–Trinajstić information content (AvgIpc) is 2.74. The van der Waals surface area contributed by atoms with Gasteiger partial charge in [0.2, 0.25) is 0 Å². The molecule has 1 aliphatic heterocycles. The zero-order valence-corrected chi connectivity index (χ0v) is 6.60. The molecular formula is C9H17N. The van der Waals surface area contributed by atoms with Crippen LogP contribution in [-0.4, -0.2) is 12.6 Å². The molecule has 0 aromatic rings. The second-order valence-electron chi connectivity index (χ2n) is 3.84. The lowest BCUT2D eigenvalue weighted by molar-refractivity contribution is 0.338. The first-order chi connectivity index (χ1) is 4.95. The first-order valence-corrected chi connectivity index (χ1v) is 4.68. The molecule has 2 aliphatic rings. The standard InChI is InChI=1S/C9H17N/c1-2-4-8(5-3-1)6-9-7-10-9/h8-10H,1-7H2/t9-/m0/s1. The highest BCUT2D eigenvalue weighted by atomic mass is 15.1. The first-order valence-electron chi connectivity index (χ1n) is 4.68. The van der Waals surface area contributed by atoms with Crippen molar-refractivity contribution in [3.8, 4) is 0 Å². The maximum absolute atomic E-state index is 3.38. The summed E-state index contributed by atoms with van der Waals surface area (Å²) in [6.45, 7) is 1.30. The third kappa shape index (κ3) is 1.72. The monoisotopic (exact) mass is 139 g/mol. The Bertz CT molecular complexity index is 101. The molecule has 10 heavy (non-hydrogen) atoms. The lowest BCUT2D eigenvalue weighted by Crippen LogP contribution is -2.09. The molecule has 58 valence electrons. The van der Waals surface area contributed by atoms with Crippen molar-refractivity contribution in [2.75, 3.05) is 6.54 Å². The number of nitrogens with one attached hydrogen (secondary N) is 1. The summed E-state index contributed by atoms with van der Waals surface area (Å²) in [5, 5.41) is 3.38. The summed E-state index contributed by atoms with van der Waals surface area (Å²) in [6.07, 6.45) is 8.99. The summed E-state index contributed by atoms with van der Waals surface area (Å²) in [5.41, 5.74) is 0. The lowest BCUT2D eigenvalue weighted by Gasteiger charge is -2.20. The van der Waals surface area contributed by atoms with E-state index in [4.69, 9.17) is 0 Å². The minimum atomic E-state index is 0.920. The maximum atomic E-state index is 3.38. The number of rotatable bonds is 2. The van der Waals surface area contributed by atoms with Crippen molar-refractivity contribution in [3.05, 3.63) is 0 Å². The summed E-state index contributed by atoms with van der Waals surface area (Å²) < 4.78 is 0. The molecule has 1 nitrogen and oxygen atoms in total. The summed E-state index contributed by atoms with van der Waals surface area (Å²) in [5.74, 6) is 1.08. The highest BCUT2D eigenvalue weighted by molar-refractivity contribution is 4.86. The summed E-state index contributed by atoms with van der Waals surface area (Å²) in [4.78, 5) is 0. The van der Waals surface area contributed by atoms with E-state index in [1.807, 2.05) is 0 Å². The van der Waals surface area contributed by atoms with Crippen molar-refractivity contribution in [1.82, 2.24) is 5.32 Å². The number of hydrogen-bond acceptors (Lipinski definition) is 1. The van der Waals surface area contributed by atoms with Gasteiger partial charge in [0.15, 0.2) is 0 Å². The van der Waals surface area contributed by atoms with E-state index in [-0.39, 0.29) is 0 Å². The van der Waals surface area contributed by atoms with Gasteiger partial charge in [-0.1, -0.05) is 32.1 Å². The molecule has 0 spiro atoms. The van der Waals surface area contributed by atoms with Gasteiger partial charge in [0.05, 0.1) is 0 Å². The van der Waals surface area contributed by atoms with Crippen LogP contribution in [-0.2, 0) is 0 Å². The van der Waals surface area contributed by atoms with Gasteiger partial charge in [-0.15, -0.1) is 0 Å².